The van der Waals surface area contributed by atoms with E-state index in [4.69, 9.17) is 20.2 Å². The number of primary amides is 1. The molecule has 1 unspecified atom stereocenters. The van der Waals surface area contributed by atoms with E-state index in [9.17, 15) is 9.59 Å². The van der Waals surface area contributed by atoms with Gasteiger partial charge < -0.3 is 15.2 Å². The summed E-state index contributed by atoms with van der Waals surface area (Å²) in [7, 11) is 0. The van der Waals surface area contributed by atoms with Crippen molar-refractivity contribution in [1.29, 1.82) is 0 Å². The molecule has 0 radical (unpaired) electrons. The summed E-state index contributed by atoms with van der Waals surface area (Å²) >= 11 is 0. The second-order valence-corrected chi connectivity index (χ2v) is 7.07. The van der Waals surface area contributed by atoms with Crippen LogP contribution in [0.3, 0.4) is 0 Å². The Morgan fingerprint density at radius 2 is 1.87 bits per heavy atom. The van der Waals surface area contributed by atoms with E-state index in [1.807, 2.05) is 61.5 Å². The molecule has 0 saturated carbocycles. The summed E-state index contributed by atoms with van der Waals surface area (Å²) in [6.45, 7) is 4.31. The minimum Gasteiger partial charge on any atom is -0.487 e. The summed E-state index contributed by atoms with van der Waals surface area (Å²) in [4.78, 5) is 28.6. The Morgan fingerprint density at radius 1 is 1.10 bits per heavy atom. The van der Waals surface area contributed by atoms with E-state index in [2.05, 4.69) is 0 Å². The van der Waals surface area contributed by atoms with Crippen LogP contribution in [0.4, 0.5) is 0 Å². The Kier molecular flexibility index (Phi) is 7.01. The number of esters is 1. The average Bonchev–Trinajstić information content (AvgIpc) is 2.73. The summed E-state index contributed by atoms with van der Waals surface area (Å²) in [5.41, 5.74) is 8.53. The molecule has 1 atom stereocenters. The number of para-hydroxylation sites is 1. The molecule has 3 aromatic rings. The lowest BCUT2D eigenvalue weighted by molar-refractivity contribution is -0.145. The van der Waals surface area contributed by atoms with E-state index >= 15 is 0 Å². The number of aromatic nitrogens is 1. The van der Waals surface area contributed by atoms with Gasteiger partial charge in [0.15, 0.2) is 0 Å². The highest BCUT2D eigenvalue weighted by Gasteiger charge is 2.25. The molecule has 156 valence electrons. The third-order valence-corrected chi connectivity index (χ3v) is 4.90. The molecule has 6 nitrogen and oxygen atoms in total. The summed E-state index contributed by atoms with van der Waals surface area (Å²) in [5, 5.41) is 0.856. The number of hydrogen-bond donors (Lipinski definition) is 1. The fourth-order valence-electron chi connectivity index (χ4n) is 3.41. The van der Waals surface area contributed by atoms with Crippen molar-refractivity contribution in [3.63, 3.8) is 0 Å². The fraction of sp³-hybridized carbons (Fsp3) is 0.292. The van der Waals surface area contributed by atoms with Crippen molar-refractivity contribution >= 4 is 22.8 Å². The number of hydrogen-bond acceptors (Lipinski definition) is 5. The van der Waals surface area contributed by atoms with Gasteiger partial charge in [0.25, 0.3) is 0 Å². The predicted molar refractivity (Wildman–Crippen MR) is 115 cm³/mol. The van der Waals surface area contributed by atoms with E-state index in [0.717, 1.165) is 22.0 Å². The van der Waals surface area contributed by atoms with Crippen LogP contribution in [0.15, 0.2) is 54.6 Å². The Balaban J connectivity index is 1.93. The molecule has 0 saturated heterocycles. The first-order valence-electron chi connectivity index (χ1n) is 10.0. The lowest BCUT2D eigenvalue weighted by atomic mass is 9.91. The predicted octanol–water partition coefficient (Wildman–Crippen LogP) is 4.03. The van der Waals surface area contributed by atoms with Crippen LogP contribution in [0, 0.1) is 6.92 Å². The molecule has 0 fully saturated rings. The Morgan fingerprint density at radius 3 is 2.57 bits per heavy atom. The second kappa shape index (κ2) is 9.87. The molecular weight excluding hydrogens is 380 g/mol. The van der Waals surface area contributed by atoms with Crippen LogP contribution in [0.2, 0.25) is 0 Å². The van der Waals surface area contributed by atoms with Gasteiger partial charge in [-0.3, -0.25) is 9.59 Å². The van der Waals surface area contributed by atoms with Gasteiger partial charge in [0.1, 0.15) is 17.9 Å². The smallest absolute Gasteiger partial charge is 0.313 e. The number of nitrogens with zero attached hydrogens (tertiary/aromatic N) is 1. The second-order valence-electron chi connectivity index (χ2n) is 7.07. The van der Waals surface area contributed by atoms with Gasteiger partial charge in [0.05, 0.1) is 12.5 Å². The van der Waals surface area contributed by atoms with E-state index in [0.29, 0.717) is 18.1 Å². The monoisotopic (exact) mass is 406 g/mol. The van der Waals surface area contributed by atoms with Crippen LogP contribution >= 0.6 is 0 Å². The Hall–Kier alpha value is -3.41. The number of benzene rings is 2. The van der Waals surface area contributed by atoms with Crippen LogP contribution in [-0.2, 0) is 20.9 Å². The van der Waals surface area contributed by atoms with Crippen molar-refractivity contribution in [2.24, 2.45) is 5.73 Å². The van der Waals surface area contributed by atoms with Crippen LogP contribution in [0.5, 0.6) is 5.75 Å². The minimum atomic E-state index is -0.594. The van der Waals surface area contributed by atoms with Crippen molar-refractivity contribution in [1.82, 2.24) is 4.98 Å². The molecular formula is C24H26N2O4. The lowest BCUT2D eigenvalue weighted by Crippen LogP contribution is -2.20. The van der Waals surface area contributed by atoms with Gasteiger partial charge in [-0.05, 0) is 43.5 Å². The fourth-order valence-corrected chi connectivity index (χ4v) is 3.41. The highest BCUT2D eigenvalue weighted by atomic mass is 16.5. The van der Waals surface area contributed by atoms with E-state index in [1.165, 1.54) is 0 Å². The van der Waals surface area contributed by atoms with Gasteiger partial charge in [0, 0.05) is 17.5 Å². The van der Waals surface area contributed by atoms with Gasteiger partial charge in [-0.2, -0.15) is 0 Å². The van der Waals surface area contributed by atoms with Crippen LogP contribution < -0.4 is 10.5 Å². The zero-order valence-electron chi connectivity index (χ0n) is 17.3. The number of aryl methyl sites for hydroxylation is 1. The molecule has 1 heterocycles. The van der Waals surface area contributed by atoms with E-state index < -0.39 is 11.8 Å². The van der Waals surface area contributed by atoms with Crippen LogP contribution in [0.25, 0.3) is 10.9 Å². The van der Waals surface area contributed by atoms with Gasteiger partial charge in [-0.1, -0.05) is 42.5 Å². The van der Waals surface area contributed by atoms with Gasteiger partial charge in [-0.25, -0.2) is 4.98 Å². The number of rotatable bonds is 9. The topological polar surface area (TPSA) is 91.5 Å². The highest BCUT2D eigenvalue weighted by Crippen LogP contribution is 2.31. The first-order chi connectivity index (χ1) is 14.5. The number of ether oxygens (including phenoxy) is 2. The summed E-state index contributed by atoms with van der Waals surface area (Å²) in [6.07, 6.45) is 0.383. The molecule has 30 heavy (non-hydrogen) atoms. The van der Waals surface area contributed by atoms with Crippen molar-refractivity contribution < 1.29 is 19.1 Å². The van der Waals surface area contributed by atoms with E-state index in [-0.39, 0.29) is 25.4 Å². The molecule has 0 bridgehead atoms. The average molecular weight is 406 g/mol. The number of pyridine rings is 1. The van der Waals surface area contributed by atoms with Crippen molar-refractivity contribution in [2.45, 2.75) is 39.2 Å². The number of carbonyl (C=O) groups is 2. The molecule has 1 aromatic heterocycles. The summed E-state index contributed by atoms with van der Waals surface area (Å²) < 4.78 is 11.2. The molecule has 6 heteroatoms. The molecule has 0 aliphatic carbocycles. The maximum atomic E-state index is 12.5. The molecule has 1 amide bonds. The minimum absolute atomic E-state index is 0.0984. The molecule has 0 spiro atoms. The highest BCUT2D eigenvalue weighted by molar-refractivity contribution is 5.87. The molecule has 0 aliphatic heterocycles. The van der Waals surface area contributed by atoms with Gasteiger partial charge in [0.2, 0.25) is 5.91 Å². The summed E-state index contributed by atoms with van der Waals surface area (Å²) in [6, 6.07) is 17.5. The third kappa shape index (κ3) is 5.14. The first kappa shape index (κ1) is 21.3. The largest absolute Gasteiger partial charge is 0.487 e. The maximum absolute atomic E-state index is 12.5. The van der Waals surface area contributed by atoms with Crippen molar-refractivity contribution in [2.75, 3.05) is 6.61 Å². The number of fused-ring (bicyclic) bond motifs is 1. The third-order valence-electron chi connectivity index (χ3n) is 4.90. The van der Waals surface area contributed by atoms with Gasteiger partial charge in [-0.15, -0.1) is 0 Å². The number of amides is 1. The number of carbonyl (C=O) groups excluding carboxylic acids is 2. The van der Waals surface area contributed by atoms with E-state index in [1.54, 1.807) is 6.92 Å². The zero-order chi connectivity index (χ0) is 21.5. The molecule has 0 aliphatic rings. The maximum Gasteiger partial charge on any atom is 0.313 e. The normalized spacial score (nSPS) is 11.8. The standard InChI is InChI=1S/C24H26N2O4/c1-3-29-24(28)19(12-13-22(25)27)20-14-18-10-7-11-21(23(18)26-16(20)2)30-15-17-8-5-4-6-9-17/h4-11,14,19H,3,12-13,15H2,1-2H3,(H2,25,27). The van der Waals surface area contributed by atoms with Crippen LogP contribution in [0.1, 0.15) is 42.5 Å². The molecule has 2 aromatic carbocycles. The lowest BCUT2D eigenvalue weighted by Gasteiger charge is -2.18. The zero-order valence-corrected chi connectivity index (χ0v) is 17.3. The van der Waals surface area contributed by atoms with Gasteiger partial charge >= 0.3 is 5.97 Å². The Bertz CT molecular complexity index is 1030. The Labute approximate surface area is 176 Å². The van der Waals surface area contributed by atoms with Crippen molar-refractivity contribution in [3.8, 4) is 5.75 Å². The SMILES string of the molecule is CCOC(=O)C(CCC(N)=O)c1cc2cccc(OCc3ccccc3)c2nc1C. The first-order valence-corrected chi connectivity index (χ1v) is 10.0. The molecule has 3 rings (SSSR count). The number of nitrogens with two attached hydrogens (primary N) is 1. The summed E-state index contributed by atoms with van der Waals surface area (Å²) in [5.74, 6) is -0.745. The van der Waals surface area contributed by atoms with Crippen molar-refractivity contribution in [3.05, 3.63) is 71.4 Å². The molecule has 2 N–H and O–H groups in total. The van der Waals surface area contributed by atoms with Crippen LogP contribution in [-0.4, -0.2) is 23.5 Å². The quantitative estimate of drug-likeness (QED) is 0.542.